The lowest BCUT2D eigenvalue weighted by molar-refractivity contribution is -0.143. The minimum Gasteiger partial charge on any atom is -0.490 e. The third kappa shape index (κ3) is 4.35. The Morgan fingerprint density at radius 2 is 2.07 bits per heavy atom. The monoisotopic (exact) mass is 371 g/mol. The number of aliphatic imine (C=N–C) groups is 1. The van der Waals surface area contributed by atoms with Crippen LogP contribution in [0.4, 0.5) is 0 Å². The molecule has 2 aromatic rings. The van der Waals surface area contributed by atoms with Crippen molar-refractivity contribution in [1.82, 2.24) is 0 Å². The van der Waals surface area contributed by atoms with E-state index in [2.05, 4.69) is 9.73 Å². The Balaban J connectivity index is 1.84. The van der Waals surface area contributed by atoms with Gasteiger partial charge in [0.05, 0.1) is 20.0 Å². The van der Waals surface area contributed by atoms with Crippen molar-refractivity contribution in [2.75, 3.05) is 20.3 Å². The molecule has 1 aromatic carbocycles. The standard InChI is InChI=1S/C19H17NO7/c1-3-24-16-10-12(6-7-14(16)26-11-17(21)23-2)9-13-19(22)27-18(20-13)15-5-4-8-25-15/h4-10H,3,11H2,1-2H3. The smallest absolute Gasteiger partial charge is 0.363 e. The van der Waals surface area contributed by atoms with E-state index in [1.807, 2.05) is 6.92 Å². The van der Waals surface area contributed by atoms with Gasteiger partial charge in [-0.25, -0.2) is 14.6 Å². The molecule has 0 fully saturated rings. The lowest BCUT2D eigenvalue weighted by atomic mass is 10.1. The number of rotatable bonds is 7. The van der Waals surface area contributed by atoms with Gasteiger partial charge in [0.1, 0.15) is 0 Å². The third-order valence-corrected chi connectivity index (χ3v) is 3.50. The first-order chi connectivity index (χ1) is 13.1. The molecule has 0 unspecified atom stereocenters. The fraction of sp³-hybridized carbons (Fsp3) is 0.211. The number of carbonyl (C=O) groups is 2. The van der Waals surface area contributed by atoms with Gasteiger partial charge in [0, 0.05) is 0 Å². The number of esters is 2. The largest absolute Gasteiger partial charge is 0.490 e. The number of benzene rings is 1. The maximum Gasteiger partial charge on any atom is 0.363 e. The van der Waals surface area contributed by atoms with Gasteiger partial charge in [0.25, 0.3) is 5.90 Å². The molecule has 2 heterocycles. The Morgan fingerprint density at radius 3 is 2.78 bits per heavy atom. The van der Waals surface area contributed by atoms with Crippen molar-refractivity contribution in [3.8, 4) is 11.5 Å². The van der Waals surface area contributed by atoms with E-state index in [9.17, 15) is 9.59 Å². The first-order valence-corrected chi connectivity index (χ1v) is 8.13. The molecule has 0 saturated carbocycles. The summed E-state index contributed by atoms with van der Waals surface area (Å²) in [6.45, 7) is 1.99. The second-order valence-electron chi connectivity index (χ2n) is 5.32. The van der Waals surface area contributed by atoms with E-state index in [0.717, 1.165) is 0 Å². The van der Waals surface area contributed by atoms with Gasteiger partial charge in [-0.05, 0) is 42.8 Å². The molecule has 3 rings (SSSR count). The second-order valence-corrected chi connectivity index (χ2v) is 5.32. The van der Waals surface area contributed by atoms with Crippen LogP contribution in [0.2, 0.25) is 0 Å². The number of hydrogen-bond acceptors (Lipinski definition) is 8. The molecule has 8 heteroatoms. The summed E-state index contributed by atoms with van der Waals surface area (Å²) in [4.78, 5) is 27.4. The normalized spacial score (nSPS) is 14.7. The summed E-state index contributed by atoms with van der Waals surface area (Å²) in [6.07, 6.45) is 3.03. The van der Waals surface area contributed by atoms with Gasteiger partial charge < -0.3 is 23.4 Å². The SMILES string of the molecule is CCOc1cc(C=C2N=C(c3ccco3)OC2=O)ccc1OCC(=O)OC. The first kappa shape index (κ1) is 18.2. The Morgan fingerprint density at radius 1 is 1.22 bits per heavy atom. The van der Waals surface area contributed by atoms with Crippen molar-refractivity contribution in [2.24, 2.45) is 4.99 Å². The molecule has 0 radical (unpaired) electrons. The zero-order chi connectivity index (χ0) is 19.2. The van der Waals surface area contributed by atoms with Crippen LogP contribution in [0.1, 0.15) is 18.2 Å². The summed E-state index contributed by atoms with van der Waals surface area (Å²) in [5.74, 6) is 0.214. The van der Waals surface area contributed by atoms with Gasteiger partial charge in [-0.2, -0.15) is 0 Å². The average molecular weight is 371 g/mol. The molecular weight excluding hydrogens is 354 g/mol. The first-order valence-electron chi connectivity index (χ1n) is 8.13. The maximum atomic E-state index is 12.0. The van der Waals surface area contributed by atoms with Crippen LogP contribution in [0.25, 0.3) is 6.08 Å². The summed E-state index contributed by atoms with van der Waals surface area (Å²) < 4.78 is 25.8. The number of nitrogens with zero attached hydrogens (tertiary/aromatic N) is 1. The van der Waals surface area contributed by atoms with E-state index in [1.54, 1.807) is 36.4 Å². The summed E-state index contributed by atoms with van der Waals surface area (Å²) in [7, 11) is 1.28. The Hall–Kier alpha value is -3.55. The number of cyclic esters (lactones) is 1. The fourth-order valence-electron chi connectivity index (χ4n) is 2.27. The maximum absolute atomic E-state index is 12.0. The zero-order valence-electron chi connectivity index (χ0n) is 14.8. The predicted octanol–water partition coefficient (Wildman–Crippen LogP) is 2.57. The molecule has 0 atom stereocenters. The van der Waals surface area contributed by atoms with Crippen LogP contribution in [0.5, 0.6) is 11.5 Å². The van der Waals surface area contributed by atoms with Crippen LogP contribution >= 0.6 is 0 Å². The second kappa shape index (κ2) is 8.22. The molecule has 0 amide bonds. The van der Waals surface area contributed by atoms with E-state index in [1.165, 1.54) is 13.4 Å². The quantitative estimate of drug-likeness (QED) is 0.545. The highest BCUT2D eigenvalue weighted by Crippen LogP contribution is 2.30. The average Bonchev–Trinajstić information content (AvgIpc) is 3.31. The van der Waals surface area contributed by atoms with Crippen molar-refractivity contribution >= 4 is 23.9 Å². The van der Waals surface area contributed by atoms with Crippen molar-refractivity contribution in [3.63, 3.8) is 0 Å². The lowest BCUT2D eigenvalue weighted by Gasteiger charge is -2.11. The van der Waals surface area contributed by atoms with E-state index < -0.39 is 11.9 Å². The van der Waals surface area contributed by atoms with Crippen LogP contribution in [0.3, 0.4) is 0 Å². The predicted molar refractivity (Wildman–Crippen MR) is 94.4 cm³/mol. The molecule has 1 aromatic heterocycles. The third-order valence-electron chi connectivity index (χ3n) is 3.50. The van der Waals surface area contributed by atoms with E-state index in [0.29, 0.717) is 29.4 Å². The van der Waals surface area contributed by atoms with Crippen LogP contribution in [0.15, 0.2) is 51.7 Å². The molecule has 0 N–H and O–H groups in total. The van der Waals surface area contributed by atoms with Gasteiger partial charge in [-0.15, -0.1) is 0 Å². The minimum absolute atomic E-state index is 0.110. The fourth-order valence-corrected chi connectivity index (χ4v) is 2.27. The van der Waals surface area contributed by atoms with Crippen molar-refractivity contribution in [2.45, 2.75) is 6.92 Å². The van der Waals surface area contributed by atoms with Gasteiger partial charge in [0.15, 0.2) is 29.6 Å². The number of furan rings is 1. The molecule has 0 saturated heterocycles. The topological polar surface area (TPSA) is 96.6 Å². The summed E-state index contributed by atoms with van der Waals surface area (Å²) >= 11 is 0. The van der Waals surface area contributed by atoms with Gasteiger partial charge in [-0.3, -0.25) is 0 Å². The summed E-state index contributed by atoms with van der Waals surface area (Å²) in [5.41, 5.74) is 0.785. The molecule has 0 aliphatic carbocycles. The van der Waals surface area contributed by atoms with E-state index in [4.69, 9.17) is 18.6 Å². The van der Waals surface area contributed by atoms with Gasteiger partial charge >= 0.3 is 11.9 Å². The molecule has 8 nitrogen and oxygen atoms in total. The summed E-state index contributed by atoms with van der Waals surface area (Å²) in [6, 6.07) is 8.34. The number of hydrogen-bond donors (Lipinski definition) is 0. The van der Waals surface area contributed by atoms with Crippen LogP contribution in [-0.2, 0) is 19.1 Å². The molecule has 27 heavy (non-hydrogen) atoms. The number of ether oxygens (including phenoxy) is 4. The van der Waals surface area contributed by atoms with Gasteiger partial charge in [0.2, 0.25) is 0 Å². The van der Waals surface area contributed by atoms with E-state index >= 15 is 0 Å². The Bertz CT molecular complexity index is 897. The van der Waals surface area contributed by atoms with Crippen molar-refractivity contribution < 1.29 is 33.0 Å². The highest BCUT2D eigenvalue weighted by atomic mass is 16.6. The number of methoxy groups -OCH3 is 1. The van der Waals surface area contributed by atoms with Gasteiger partial charge in [-0.1, -0.05) is 6.07 Å². The summed E-state index contributed by atoms with van der Waals surface area (Å²) in [5, 5.41) is 0. The molecule has 1 aliphatic heterocycles. The minimum atomic E-state index is -0.578. The lowest BCUT2D eigenvalue weighted by Crippen LogP contribution is -2.13. The van der Waals surface area contributed by atoms with Crippen LogP contribution < -0.4 is 9.47 Å². The molecule has 1 aliphatic rings. The van der Waals surface area contributed by atoms with Crippen LogP contribution in [-0.4, -0.2) is 38.2 Å². The Kier molecular flexibility index (Phi) is 5.55. The molecular formula is C19H17NO7. The zero-order valence-corrected chi connectivity index (χ0v) is 14.8. The van der Waals surface area contributed by atoms with E-state index in [-0.39, 0.29) is 18.2 Å². The molecule has 140 valence electrons. The highest BCUT2D eigenvalue weighted by molar-refractivity contribution is 6.11. The molecule has 0 bridgehead atoms. The van der Waals surface area contributed by atoms with Crippen molar-refractivity contribution in [3.05, 3.63) is 53.6 Å². The van der Waals surface area contributed by atoms with Crippen LogP contribution in [0, 0.1) is 0 Å². The van der Waals surface area contributed by atoms with Crippen molar-refractivity contribution in [1.29, 1.82) is 0 Å². The highest BCUT2D eigenvalue weighted by Gasteiger charge is 2.25. The molecule has 0 spiro atoms. The Labute approximate surface area is 155 Å². The number of carbonyl (C=O) groups excluding carboxylic acids is 2.